The van der Waals surface area contributed by atoms with Gasteiger partial charge in [-0.1, -0.05) is 17.4 Å². The van der Waals surface area contributed by atoms with Gasteiger partial charge in [-0.15, -0.1) is 10.2 Å². The number of nitrogens with one attached hydrogen (secondary N) is 2. The molecule has 1 fully saturated rings. The van der Waals surface area contributed by atoms with Crippen molar-refractivity contribution in [2.45, 2.75) is 25.4 Å². The molecular formula is C20H17N5O5S. The van der Waals surface area contributed by atoms with Crippen molar-refractivity contribution in [2.24, 2.45) is 0 Å². The van der Waals surface area contributed by atoms with Crippen LogP contribution in [0.5, 0.6) is 17.2 Å². The van der Waals surface area contributed by atoms with Crippen LogP contribution in [-0.4, -0.2) is 33.8 Å². The Balaban J connectivity index is 1.23. The highest BCUT2D eigenvalue weighted by Crippen LogP contribution is 2.37. The zero-order valence-electron chi connectivity index (χ0n) is 16.2. The van der Waals surface area contributed by atoms with Gasteiger partial charge in [-0.3, -0.25) is 15.1 Å². The molecule has 158 valence electrons. The van der Waals surface area contributed by atoms with Crippen molar-refractivity contribution in [1.29, 1.82) is 0 Å². The fourth-order valence-electron chi connectivity index (χ4n) is 3.28. The zero-order valence-corrected chi connectivity index (χ0v) is 17.0. The molecule has 2 aliphatic heterocycles. The monoisotopic (exact) mass is 439 g/mol. The van der Waals surface area contributed by atoms with Crippen LogP contribution < -0.4 is 20.1 Å². The van der Waals surface area contributed by atoms with Crippen LogP contribution in [0.1, 0.15) is 29.6 Å². The molecule has 1 atom stereocenters. The number of amides is 2. The normalized spacial score (nSPS) is 17.2. The molecule has 0 aliphatic carbocycles. The fraction of sp³-hybridized carbons (Fsp3) is 0.250. The highest BCUT2D eigenvalue weighted by atomic mass is 32.1. The van der Waals surface area contributed by atoms with Gasteiger partial charge in [0.15, 0.2) is 11.5 Å². The third-order valence-corrected chi connectivity index (χ3v) is 5.59. The summed E-state index contributed by atoms with van der Waals surface area (Å²) in [6.07, 6.45) is 3.54. The largest absolute Gasteiger partial charge is 0.453 e. The second kappa shape index (κ2) is 8.28. The van der Waals surface area contributed by atoms with E-state index in [2.05, 4.69) is 25.8 Å². The van der Waals surface area contributed by atoms with E-state index in [-0.39, 0.29) is 18.5 Å². The molecule has 1 unspecified atom stereocenters. The second-order valence-electron chi connectivity index (χ2n) is 6.89. The number of benzene rings is 1. The summed E-state index contributed by atoms with van der Waals surface area (Å²) >= 11 is 1.29. The topological polar surface area (TPSA) is 125 Å². The maximum atomic E-state index is 12.4. The minimum Gasteiger partial charge on any atom is -0.453 e. The lowest BCUT2D eigenvalue weighted by molar-refractivity contribution is -0.131. The van der Waals surface area contributed by atoms with Crippen molar-refractivity contribution in [3.8, 4) is 17.2 Å². The number of hydrogen-bond acceptors (Lipinski definition) is 9. The molecule has 2 aromatic heterocycles. The van der Waals surface area contributed by atoms with Gasteiger partial charge < -0.3 is 19.5 Å². The molecule has 0 bridgehead atoms. The van der Waals surface area contributed by atoms with E-state index in [1.54, 1.807) is 36.5 Å². The van der Waals surface area contributed by atoms with Crippen molar-refractivity contribution < 1.29 is 23.8 Å². The number of hydrogen-bond donors (Lipinski definition) is 2. The standard InChI is InChI=1S/C20H17N5O5S/c26-16-10-13-17(30-16)14(6-7-21-13)29-12-4-1-3-11(9-12)22-19(27)23-20-25-24-18(31-20)15-5-2-8-28-15/h1,3-4,6-7,9,15H,2,5,8,10H2,(H2,22,23,25,27). The average Bonchev–Trinajstić information content (AvgIpc) is 3.48. The number of pyridine rings is 1. The number of urea groups is 1. The Kier molecular flexibility index (Phi) is 5.18. The number of carbonyl (C=O) groups is 2. The van der Waals surface area contributed by atoms with Gasteiger partial charge in [-0.25, -0.2) is 4.79 Å². The smallest absolute Gasteiger partial charge is 0.325 e. The molecule has 10 nitrogen and oxygen atoms in total. The Morgan fingerprint density at radius 2 is 2.16 bits per heavy atom. The zero-order chi connectivity index (χ0) is 21.2. The van der Waals surface area contributed by atoms with Gasteiger partial charge in [0.1, 0.15) is 16.9 Å². The van der Waals surface area contributed by atoms with Gasteiger partial charge in [0, 0.05) is 30.6 Å². The second-order valence-corrected chi connectivity index (χ2v) is 7.90. The average molecular weight is 439 g/mol. The van der Waals surface area contributed by atoms with Crippen molar-refractivity contribution in [3.05, 3.63) is 47.2 Å². The summed E-state index contributed by atoms with van der Waals surface area (Å²) < 4.78 is 16.6. The number of ether oxygens (including phenoxy) is 3. The first-order valence-electron chi connectivity index (χ1n) is 9.63. The van der Waals surface area contributed by atoms with Gasteiger partial charge in [-0.05, 0) is 25.0 Å². The third kappa shape index (κ3) is 4.32. The molecule has 1 aromatic carbocycles. The van der Waals surface area contributed by atoms with Crippen LogP contribution >= 0.6 is 11.3 Å². The molecule has 5 rings (SSSR count). The SMILES string of the molecule is O=C(Nc1cccc(Oc2ccnc3c2OC(=O)C3)c1)Nc1nnc(C2CCCO2)s1. The lowest BCUT2D eigenvalue weighted by Gasteiger charge is -2.10. The van der Waals surface area contributed by atoms with Crippen LogP contribution in [0.4, 0.5) is 15.6 Å². The summed E-state index contributed by atoms with van der Waals surface area (Å²) in [5.41, 5.74) is 1.05. The van der Waals surface area contributed by atoms with E-state index in [0.717, 1.165) is 24.5 Å². The quantitative estimate of drug-likeness (QED) is 0.577. The molecule has 0 spiro atoms. The highest BCUT2D eigenvalue weighted by molar-refractivity contribution is 7.15. The first-order valence-corrected chi connectivity index (χ1v) is 10.5. The molecule has 0 radical (unpaired) electrons. The Morgan fingerprint density at radius 1 is 1.23 bits per heavy atom. The van der Waals surface area contributed by atoms with Crippen LogP contribution in [0.25, 0.3) is 0 Å². The highest BCUT2D eigenvalue weighted by Gasteiger charge is 2.26. The van der Waals surface area contributed by atoms with Crippen molar-refractivity contribution in [2.75, 3.05) is 17.2 Å². The van der Waals surface area contributed by atoms with Crippen LogP contribution in [0.2, 0.25) is 0 Å². The van der Waals surface area contributed by atoms with E-state index < -0.39 is 6.03 Å². The maximum absolute atomic E-state index is 12.4. The van der Waals surface area contributed by atoms with Crippen LogP contribution in [0, 0.1) is 0 Å². The fourth-order valence-corrected chi connectivity index (χ4v) is 4.11. The molecule has 2 N–H and O–H groups in total. The van der Waals surface area contributed by atoms with Crippen LogP contribution in [0.15, 0.2) is 36.5 Å². The summed E-state index contributed by atoms with van der Waals surface area (Å²) in [7, 11) is 0. The van der Waals surface area contributed by atoms with E-state index in [1.807, 2.05) is 0 Å². The third-order valence-electron chi connectivity index (χ3n) is 4.66. The Labute approximate surface area is 180 Å². The number of esters is 1. The number of aromatic nitrogens is 3. The molecule has 0 saturated carbocycles. The predicted molar refractivity (Wildman–Crippen MR) is 111 cm³/mol. The first-order chi connectivity index (χ1) is 15.1. The summed E-state index contributed by atoms with van der Waals surface area (Å²) in [5.74, 6) is 0.797. The molecular weight excluding hydrogens is 422 g/mol. The number of rotatable bonds is 5. The van der Waals surface area contributed by atoms with E-state index >= 15 is 0 Å². The summed E-state index contributed by atoms with van der Waals surface area (Å²) in [6, 6.07) is 8.00. The maximum Gasteiger partial charge on any atom is 0.325 e. The van der Waals surface area contributed by atoms with Gasteiger partial charge in [0.25, 0.3) is 0 Å². The van der Waals surface area contributed by atoms with Gasteiger partial charge >= 0.3 is 12.0 Å². The van der Waals surface area contributed by atoms with Crippen LogP contribution in [0.3, 0.4) is 0 Å². The van der Waals surface area contributed by atoms with E-state index in [4.69, 9.17) is 14.2 Å². The lowest BCUT2D eigenvalue weighted by Crippen LogP contribution is -2.19. The minimum atomic E-state index is -0.453. The predicted octanol–water partition coefficient (Wildman–Crippen LogP) is 3.68. The Hall–Kier alpha value is -3.57. The molecule has 11 heteroatoms. The van der Waals surface area contributed by atoms with Crippen LogP contribution in [-0.2, 0) is 16.0 Å². The molecule has 3 aromatic rings. The number of anilines is 2. The number of fused-ring (bicyclic) bond motifs is 1. The molecule has 2 amide bonds. The van der Waals surface area contributed by atoms with Gasteiger partial charge in [0.05, 0.1) is 12.1 Å². The van der Waals surface area contributed by atoms with Crippen molar-refractivity contribution in [1.82, 2.24) is 15.2 Å². The Morgan fingerprint density at radius 3 is 3.03 bits per heavy atom. The molecule has 4 heterocycles. The molecule has 31 heavy (non-hydrogen) atoms. The number of nitrogens with zero attached hydrogens (tertiary/aromatic N) is 3. The van der Waals surface area contributed by atoms with Gasteiger partial charge in [-0.2, -0.15) is 0 Å². The lowest BCUT2D eigenvalue weighted by atomic mass is 10.2. The molecule has 1 saturated heterocycles. The van der Waals surface area contributed by atoms with Crippen molar-refractivity contribution in [3.63, 3.8) is 0 Å². The molecule has 2 aliphatic rings. The summed E-state index contributed by atoms with van der Waals surface area (Å²) in [6.45, 7) is 0.719. The van der Waals surface area contributed by atoms with E-state index in [1.165, 1.54) is 11.3 Å². The Bertz CT molecular complexity index is 1140. The minimum absolute atomic E-state index is 0.0427. The first kappa shape index (κ1) is 19.4. The number of carbonyl (C=O) groups excluding carboxylic acids is 2. The van der Waals surface area contributed by atoms with Gasteiger partial charge in [0.2, 0.25) is 5.13 Å². The van der Waals surface area contributed by atoms with E-state index in [9.17, 15) is 9.59 Å². The van der Waals surface area contributed by atoms with E-state index in [0.29, 0.717) is 33.8 Å². The van der Waals surface area contributed by atoms with Crippen molar-refractivity contribution >= 4 is 34.2 Å². The summed E-state index contributed by atoms with van der Waals surface area (Å²) in [5, 5.41) is 14.7. The summed E-state index contributed by atoms with van der Waals surface area (Å²) in [4.78, 5) is 28.0.